The van der Waals surface area contributed by atoms with E-state index in [-0.39, 0.29) is 42.3 Å². The molecule has 3 unspecified atom stereocenters. The summed E-state index contributed by atoms with van der Waals surface area (Å²) in [5.41, 5.74) is 0.948. The van der Waals surface area contributed by atoms with Gasteiger partial charge in [-0.2, -0.15) is 0 Å². The van der Waals surface area contributed by atoms with Crippen LogP contribution in [0.2, 0.25) is 0 Å². The summed E-state index contributed by atoms with van der Waals surface area (Å²) >= 11 is 0. The van der Waals surface area contributed by atoms with Crippen LogP contribution in [0.4, 0.5) is 0 Å². The molecular weight excluding hydrogens is 580 g/mol. The zero-order valence-corrected chi connectivity index (χ0v) is 29.3. The summed E-state index contributed by atoms with van der Waals surface area (Å²) in [6, 6.07) is 5.85. The highest BCUT2D eigenvalue weighted by molar-refractivity contribution is 5.81. The van der Waals surface area contributed by atoms with Gasteiger partial charge in [0.1, 0.15) is 5.78 Å². The summed E-state index contributed by atoms with van der Waals surface area (Å²) in [5.74, 6) is 0.552. The number of unbranched alkanes of at least 4 members (excludes halogenated alkanes) is 2. The number of hydrogen-bond acceptors (Lipinski definition) is 5. The van der Waals surface area contributed by atoms with E-state index in [9.17, 15) is 19.5 Å². The Morgan fingerprint density at radius 3 is 2.50 bits per heavy atom. The van der Waals surface area contributed by atoms with Crippen LogP contribution >= 0.6 is 0 Å². The zero-order chi connectivity index (χ0) is 33.3. The Labute approximate surface area is 277 Å². The van der Waals surface area contributed by atoms with Gasteiger partial charge >= 0.3 is 5.97 Å². The minimum Gasteiger partial charge on any atom is -0.481 e. The Hall–Kier alpha value is -2.61. The average molecular weight is 642 g/mol. The van der Waals surface area contributed by atoms with Crippen LogP contribution in [0.25, 0.3) is 0 Å². The van der Waals surface area contributed by atoms with Crippen molar-refractivity contribution in [1.29, 1.82) is 0 Å². The lowest BCUT2D eigenvalue weighted by Gasteiger charge is -2.34. The van der Waals surface area contributed by atoms with E-state index in [2.05, 4.69) is 35.0 Å². The first-order valence-corrected chi connectivity index (χ1v) is 18.2. The van der Waals surface area contributed by atoms with Crippen LogP contribution in [-0.2, 0) is 14.4 Å². The van der Waals surface area contributed by atoms with Gasteiger partial charge in [0.25, 0.3) is 0 Å². The van der Waals surface area contributed by atoms with Gasteiger partial charge in [-0.1, -0.05) is 32.8 Å². The normalized spacial score (nSPS) is 25.7. The van der Waals surface area contributed by atoms with E-state index < -0.39 is 11.9 Å². The molecule has 0 bridgehead atoms. The van der Waals surface area contributed by atoms with Gasteiger partial charge in [-0.25, -0.2) is 0 Å². The summed E-state index contributed by atoms with van der Waals surface area (Å²) in [6.45, 7) is 6.90. The molecule has 0 spiro atoms. The Bertz CT molecular complexity index is 1160. The van der Waals surface area contributed by atoms with Gasteiger partial charge in [-0.05, 0) is 106 Å². The maximum Gasteiger partial charge on any atom is 0.307 e. The van der Waals surface area contributed by atoms with Crippen molar-refractivity contribution in [1.82, 2.24) is 4.90 Å². The van der Waals surface area contributed by atoms with E-state index in [0.717, 1.165) is 93.8 Å². The van der Waals surface area contributed by atoms with Crippen LogP contribution in [0, 0.1) is 29.6 Å². The van der Waals surface area contributed by atoms with E-state index in [0.29, 0.717) is 43.1 Å². The van der Waals surface area contributed by atoms with E-state index in [1.807, 2.05) is 23.1 Å². The number of carbonyl (C=O) groups is 3. The molecule has 1 N–H and O–H groups in total. The molecule has 2 fully saturated rings. The first kappa shape index (κ1) is 36.2. The lowest BCUT2D eigenvalue weighted by atomic mass is 9.74. The minimum absolute atomic E-state index is 0.0748. The van der Waals surface area contributed by atoms with E-state index in [1.54, 1.807) is 0 Å². The van der Waals surface area contributed by atoms with Crippen molar-refractivity contribution in [3.63, 3.8) is 0 Å². The highest BCUT2D eigenvalue weighted by atomic mass is 16.7. The molecule has 1 aromatic rings. The number of aliphatic carboxylic acids is 1. The second kappa shape index (κ2) is 17.0. The van der Waals surface area contributed by atoms with Crippen molar-refractivity contribution in [2.75, 3.05) is 47.6 Å². The van der Waals surface area contributed by atoms with Crippen molar-refractivity contribution in [3.05, 3.63) is 23.8 Å². The fourth-order valence-electron chi connectivity index (χ4n) is 8.24. The predicted octanol–water partition coefficient (Wildman–Crippen LogP) is 7.30. The summed E-state index contributed by atoms with van der Waals surface area (Å²) in [4.78, 5) is 42.1. The standard InChI is InChI=1S/C38H60N2O6/c1-6-8-12-29(13-9-10-22-40(3,4)5)33(41)24-27-15-16-30(19-21-39-20-11-14-28(7-2)37(39)42)36(38(43)44)32(23-27)31-17-18-34-35(25-31)46-26-45-34/h17-18,25,27-30,32,36H,6-16,19-24,26H2,1-5H3/p+1/t27?,28?,29?,30-,32+,36-/m0/s1. The zero-order valence-electron chi connectivity index (χ0n) is 29.3. The predicted molar refractivity (Wildman–Crippen MR) is 181 cm³/mol. The number of amides is 1. The molecule has 1 aliphatic carbocycles. The summed E-state index contributed by atoms with van der Waals surface area (Å²) in [7, 11) is 6.64. The number of benzene rings is 1. The first-order valence-electron chi connectivity index (χ1n) is 18.2. The SMILES string of the molecule is CCCCC(CCCC[N+](C)(C)C)C(=O)CC1CC[C@@H](CCN2CCCC(CC)C2=O)[C@H](C(=O)O)[C@@H](c2ccc3c(c2)OCO3)C1. The third kappa shape index (κ3) is 9.95. The molecule has 258 valence electrons. The number of piperidine rings is 1. The minimum atomic E-state index is -0.783. The van der Waals surface area contributed by atoms with Gasteiger partial charge < -0.3 is 24.0 Å². The Morgan fingerprint density at radius 2 is 1.78 bits per heavy atom. The molecule has 4 rings (SSSR count). The molecule has 8 heteroatoms. The fourth-order valence-corrected chi connectivity index (χ4v) is 8.24. The third-order valence-corrected chi connectivity index (χ3v) is 11.0. The highest BCUT2D eigenvalue weighted by Gasteiger charge is 2.42. The number of nitrogens with zero attached hydrogens (tertiary/aromatic N) is 2. The molecule has 6 atom stereocenters. The van der Waals surface area contributed by atoms with Crippen molar-refractivity contribution in [2.45, 2.75) is 110 Å². The first-order chi connectivity index (χ1) is 22.0. The van der Waals surface area contributed by atoms with Gasteiger partial charge in [0.15, 0.2) is 11.5 Å². The number of carboxylic acid groups (broad SMARTS) is 1. The Morgan fingerprint density at radius 1 is 1.02 bits per heavy atom. The Balaban J connectivity index is 1.53. The molecule has 1 saturated carbocycles. The summed E-state index contributed by atoms with van der Waals surface area (Å²) in [6.07, 6.45) is 12.5. The second-order valence-corrected chi connectivity index (χ2v) is 15.4. The molecule has 3 aliphatic rings. The fraction of sp³-hybridized carbons (Fsp3) is 0.763. The van der Waals surface area contributed by atoms with Crippen LogP contribution in [0.15, 0.2) is 18.2 Å². The third-order valence-electron chi connectivity index (χ3n) is 11.0. The average Bonchev–Trinajstić information content (AvgIpc) is 3.41. The number of rotatable bonds is 17. The number of likely N-dealkylation sites (tertiary alicyclic amines) is 1. The lowest BCUT2D eigenvalue weighted by Crippen LogP contribution is -2.42. The van der Waals surface area contributed by atoms with Crippen molar-refractivity contribution >= 4 is 17.7 Å². The van der Waals surface area contributed by atoms with Crippen LogP contribution in [-0.4, -0.2) is 79.7 Å². The van der Waals surface area contributed by atoms with Gasteiger partial charge in [0.05, 0.1) is 33.6 Å². The maximum absolute atomic E-state index is 13.9. The van der Waals surface area contributed by atoms with Crippen LogP contribution in [0.1, 0.15) is 115 Å². The smallest absolute Gasteiger partial charge is 0.307 e. The molecule has 2 heterocycles. The number of Topliss-reactive ketones (excluding diaryl/α,β-unsaturated/α-hetero) is 1. The largest absolute Gasteiger partial charge is 0.481 e. The lowest BCUT2D eigenvalue weighted by molar-refractivity contribution is -0.870. The molecule has 0 aromatic heterocycles. The number of carbonyl (C=O) groups excluding carboxylic acids is 2. The number of quaternary nitrogens is 1. The van der Waals surface area contributed by atoms with Crippen LogP contribution in [0.3, 0.4) is 0 Å². The summed E-state index contributed by atoms with van der Waals surface area (Å²) < 4.78 is 12.2. The summed E-state index contributed by atoms with van der Waals surface area (Å²) in [5, 5.41) is 10.8. The number of carboxylic acids is 1. The van der Waals surface area contributed by atoms with E-state index in [1.165, 1.54) is 0 Å². The van der Waals surface area contributed by atoms with Crippen molar-refractivity contribution in [3.8, 4) is 11.5 Å². The van der Waals surface area contributed by atoms with Gasteiger partial charge in [0, 0.05) is 31.3 Å². The molecule has 1 aromatic carbocycles. The topological polar surface area (TPSA) is 93.1 Å². The number of ether oxygens (including phenoxy) is 2. The molecule has 2 aliphatic heterocycles. The van der Waals surface area contributed by atoms with Crippen LogP contribution in [0.5, 0.6) is 11.5 Å². The molecule has 1 saturated heterocycles. The molecular formula is C38H61N2O6+. The molecule has 8 nitrogen and oxygen atoms in total. The number of ketones is 1. The van der Waals surface area contributed by atoms with Gasteiger partial charge in [-0.3, -0.25) is 14.4 Å². The maximum atomic E-state index is 13.9. The molecule has 0 radical (unpaired) electrons. The van der Waals surface area contributed by atoms with Crippen molar-refractivity contribution in [2.24, 2.45) is 29.6 Å². The van der Waals surface area contributed by atoms with Gasteiger partial charge in [-0.15, -0.1) is 0 Å². The monoisotopic (exact) mass is 641 g/mol. The van der Waals surface area contributed by atoms with E-state index in [4.69, 9.17) is 9.47 Å². The quantitative estimate of drug-likeness (QED) is 0.109. The molecule has 1 amide bonds. The number of hydrogen-bond donors (Lipinski definition) is 1. The highest BCUT2D eigenvalue weighted by Crippen LogP contribution is 2.47. The van der Waals surface area contributed by atoms with Gasteiger partial charge in [0.2, 0.25) is 12.7 Å². The second-order valence-electron chi connectivity index (χ2n) is 15.4. The molecule has 46 heavy (non-hydrogen) atoms. The Kier molecular flexibility index (Phi) is 13.4. The van der Waals surface area contributed by atoms with Crippen molar-refractivity contribution < 1.29 is 33.4 Å². The van der Waals surface area contributed by atoms with Crippen LogP contribution < -0.4 is 9.47 Å². The van der Waals surface area contributed by atoms with E-state index >= 15 is 0 Å². The number of fused-ring (bicyclic) bond motifs is 1.